The minimum atomic E-state index is -4.87. The predicted octanol–water partition coefficient (Wildman–Crippen LogP) is 10.8. The molecule has 0 aromatic heterocycles. The number of aliphatic hydroxyl groups excluding tert-OH is 1. The third-order valence-electron chi connectivity index (χ3n) is 8.25. The third kappa shape index (κ3) is 43.2. The van der Waals surface area contributed by atoms with E-state index in [1.807, 2.05) is 12.2 Å². The number of allylic oxidation sites excluding steroid dienone is 14. The zero-order valence-electron chi connectivity index (χ0n) is 35.6. The number of carbonyl (C=O) groups excluding carboxylic acids is 2. The smallest absolute Gasteiger partial charge is 0.462 e. The van der Waals surface area contributed by atoms with E-state index in [1.165, 1.54) is 38.5 Å². The van der Waals surface area contributed by atoms with E-state index in [1.54, 1.807) is 0 Å². The number of carbonyl (C=O) groups is 2. The highest BCUT2D eigenvalue weighted by molar-refractivity contribution is 7.47. The van der Waals surface area contributed by atoms with Gasteiger partial charge in [0.05, 0.1) is 19.8 Å². The van der Waals surface area contributed by atoms with Crippen LogP contribution in [0.3, 0.4) is 0 Å². The van der Waals surface area contributed by atoms with Gasteiger partial charge < -0.3 is 29.3 Å². The van der Waals surface area contributed by atoms with Gasteiger partial charge >= 0.3 is 27.6 Å². The second kappa shape index (κ2) is 39.4. The molecule has 0 amide bonds. The number of rotatable bonds is 39. The van der Waals surface area contributed by atoms with Crippen LogP contribution in [0, 0.1) is 0 Å². The SMILES string of the molecule is CCCCCC=CCC=CCC=CCC=CCCCC(=O)OC(COC(=O)CCCCC=CCC=CCC=CCCCCC)COP(=O)(O)OCC(O)COP(=O)(O)O. The number of phosphoric acid groups is 2. The Morgan fingerprint density at radius 2 is 0.881 bits per heavy atom. The van der Waals surface area contributed by atoms with Gasteiger partial charge in [-0.3, -0.25) is 23.2 Å². The first-order chi connectivity index (χ1) is 28.4. The first-order valence-corrected chi connectivity index (χ1v) is 24.3. The van der Waals surface area contributed by atoms with Crippen LogP contribution >= 0.6 is 15.6 Å². The first-order valence-electron chi connectivity index (χ1n) is 21.3. The van der Waals surface area contributed by atoms with Gasteiger partial charge in [-0.15, -0.1) is 0 Å². The Labute approximate surface area is 354 Å². The van der Waals surface area contributed by atoms with Crippen LogP contribution in [0.1, 0.15) is 142 Å². The maximum absolute atomic E-state index is 12.6. The molecular weight excluding hydrogens is 798 g/mol. The van der Waals surface area contributed by atoms with Crippen molar-refractivity contribution < 1.29 is 61.6 Å². The van der Waals surface area contributed by atoms with Crippen LogP contribution in [-0.2, 0) is 41.8 Å². The molecule has 0 bridgehead atoms. The van der Waals surface area contributed by atoms with Gasteiger partial charge in [-0.05, 0) is 89.9 Å². The molecule has 3 atom stereocenters. The third-order valence-corrected chi connectivity index (χ3v) is 9.68. The molecule has 0 aliphatic carbocycles. The maximum atomic E-state index is 12.6. The van der Waals surface area contributed by atoms with E-state index < -0.39 is 66.2 Å². The van der Waals surface area contributed by atoms with Gasteiger partial charge in [-0.2, -0.15) is 0 Å². The Bertz CT molecular complexity index is 1360. The molecular formula is C44H74O13P2. The van der Waals surface area contributed by atoms with E-state index in [0.29, 0.717) is 19.3 Å². The average molecular weight is 873 g/mol. The van der Waals surface area contributed by atoms with Crippen molar-refractivity contribution in [2.24, 2.45) is 0 Å². The second-order valence-corrected chi connectivity index (χ2v) is 16.6. The molecule has 0 aromatic carbocycles. The van der Waals surface area contributed by atoms with Gasteiger partial charge in [-0.1, -0.05) is 125 Å². The summed E-state index contributed by atoms with van der Waals surface area (Å²) < 4.78 is 47.6. The van der Waals surface area contributed by atoms with E-state index in [0.717, 1.165) is 57.8 Å². The van der Waals surface area contributed by atoms with Crippen LogP contribution in [0.2, 0.25) is 0 Å². The van der Waals surface area contributed by atoms with Crippen LogP contribution in [0.4, 0.5) is 0 Å². The van der Waals surface area contributed by atoms with Crippen LogP contribution in [0.5, 0.6) is 0 Å². The number of hydrogen-bond acceptors (Lipinski definition) is 10. The summed E-state index contributed by atoms with van der Waals surface area (Å²) in [6.45, 7) is 1.58. The Kier molecular flexibility index (Phi) is 37.6. The molecule has 0 rings (SSSR count). The Balaban J connectivity index is 4.72. The molecule has 15 heteroatoms. The summed E-state index contributed by atoms with van der Waals surface area (Å²) in [5.74, 6) is -1.15. The summed E-state index contributed by atoms with van der Waals surface area (Å²) in [6, 6.07) is 0. The van der Waals surface area contributed by atoms with Crippen molar-refractivity contribution in [2.45, 2.75) is 154 Å². The van der Waals surface area contributed by atoms with E-state index in [-0.39, 0.29) is 12.8 Å². The lowest BCUT2D eigenvalue weighted by molar-refractivity contribution is -0.161. The molecule has 0 spiro atoms. The summed E-state index contributed by atoms with van der Waals surface area (Å²) in [4.78, 5) is 52.6. The van der Waals surface area contributed by atoms with E-state index in [4.69, 9.17) is 23.8 Å². The van der Waals surface area contributed by atoms with Crippen molar-refractivity contribution in [1.82, 2.24) is 0 Å². The van der Waals surface area contributed by atoms with Gasteiger partial charge in [0.15, 0.2) is 6.10 Å². The molecule has 0 aromatic rings. The number of ether oxygens (including phenoxy) is 2. The summed E-state index contributed by atoms with van der Waals surface area (Å²) in [5, 5.41) is 9.74. The first kappa shape index (κ1) is 56.3. The molecule has 59 heavy (non-hydrogen) atoms. The van der Waals surface area contributed by atoms with Gasteiger partial charge in [0.25, 0.3) is 0 Å². The largest absolute Gasteiger partial charge is 0.472 e. The highest BCUT2D eigenvalue weighted by Crippen LogP contribution is 2.43. The number of esters is 2. The molecule has 3 unspecified atom stereocenters. The fraction of sp³-hybridized carbons (Fsp3) is 0.636. The molecule has 0 heterocycles. The molecule has 0 radical (unpaired) electrons. The minimum Gasteiger partial charge on any atom is -0.462 e. The average Bonchev–Trinajstić information content (AvgIpc) is 3.19. The van der Waals surface area contributed by atoms with Crippen LogP contribution in [-0.4, -0.2) is 70.4 Å². The summed E-state index contributed by atoms with van der Waals surface area (Å²) in [5.41, 5.74) is 0. The molecule has 0 aliphatic rings. The fourth-order valence-electron chi connectivity index (χ4n) is 4.99. The lowest BCUT2D eigenvalue weighted by atomic mass is 10.1. The standard InChI is InChI=1S/C44H74O13P2/c1-3-5-7-9-11-13-15-17-19-20-22-24-26-28-30-32-34-36-44(47)57-42(40-56-59(51,52)55-38-41(45)37-54-58(48,49)50)39-53-43(46)35-33-31-29-27-25-23-21-18-16-14-12-10-8-6-4-2/h11-14,17-19,21-22,24-25,27-28,30,41-42,45H,3-10,15-16,20,23,26,29,31-40H2,1-2H3,(H,51,52)(H2,48,49,50). The lowest BCUT2D eigenvalue weighted by Gasteiger charge is -2.20. The highest BCUT2D eigenvalue weighted by Gasteiger charge is 2.28. The molecule has 0 saturated heterocycles. The van der Waals surface area contributed by atoms with E-state index in [9.17, 15) is 28.7 Å². The van der Waals surface area contributed by atoms with Crippen molar-refractivity contribution in [3.63, 3.8) is 0 Å². The molecule has 4 N–H and O–H groups in total. The number of hydrogen-bond donors (Lipinski definition) is 4. The lowest BCUT2D eigenvalue weighted by Crippen LogP contribution is -2.29. The molecule has 13 nitrogen and oxygen atoms in total. The van der Waals surface area contributed by atoms with Gasteiger partial charge in [-0.25, -0.2) is 9.13 Å². The quantitative estimate of drug-likeness (QED) is 0.0197. The maximum Gasteiger partial charge on any atom is 0.472 e. The van der Waals surface area contributed by atoms with Gasteiger partial charge in [0.1, 0.15) is 12.7 Å². The topological polar surface area (TPSA) is 195 Å². The predicted molar refractivity (Wildman–Crippen MR) is 234 cm³/mol. The van der Waals surface area contributed by atoms with Crippen molar-refractivity contribution in [2.75, 3.05) is 26.4 Å². The number of aliphatic hydroxyl groups is 1. The van der Waals surface area contributed by atoms with Crippen LogP contribution < -0.4 is 0 Å². The highest BCUT2D eigenvalue weighted by atomic mass is 31.2. The molecule has 0 aliphatic heterocycles. The second-order valence-electron chi connectivity index (χ2n) is 13.9. The van der Waals surface area contributed by atoms with Crippen LogP contribution in [0.25, 0.3) is 0 Å². The Morgan fingerprint density at radius 1 is 0.492 bits per heavy atom. The summed E-state index contributed by atoms with van der Waals surface area (Å²) in [7, 11) is -9.71. The monoisotopic (exact) mass is 872 g/mol. The Hall–Kier alpha value is -2.70. The van der Waals surface area contributed by atoms with Gasteiger partial charge in [0, 0.05) is 12.8 Å². The van der Waals surface area contributed by atoms with E-state index >= 15 is 0 Å². The number of phosphoric ester groups is 2. The van der Waals surface area contributed by atoms with Crippen molar-refractivity contribution in [3.05, 3.63) is 85.1 Å². The minimum absolute atomic E-state index is 0.0427. The number of unbranched alkanes of at least 4 members (excludes halogenated alkanes) is 9. The fourth-order valence-corrected chi connectivity index (χ4v) is 6.15. The molecule has 338 valence electrons. The zero-order chi connectivity index (χ0) is 43.7. The van der Waals surface area contributed by atoms with Crippen molar-refractivity contribution >= 4 is 27.6 Å². The molecule has 0 fully saturated rings. The Morgan fingerprint density at radius 3 is 1.34 bits per heavy atom. The van der Waals surface area contributed by atoms with E-state index in [2.05, 4.69) is 95.8 Å². The van der Waals surface area contributed by atoms with Crippen LogP contribution in [0.15, 0.2) is 85.1 Å². The van der Waals surface area contributed by atoms with Gasteiger partial charge in [0.2, 0.25) is 0 Å². The van der Waals surface area contributed by atoms with Crippen molar-refractivity contribution in [1.29, 1.82) is 0 Å². The molecule has 0 saturated carbocycles. The summed E-state index contributed by atoms with van der Waals surface area (Å²) >= 11 is 0. The normalized spacial score (nSPS) is 14.9. The summed E-state index contributed by atoms with van der Waals surface area (Å²) in [6.07, 6.45) is 44.4. The van der Waals surface area contributed by atoms with Crippen molar-refractivity contribution in [3.8, 4) is 0 Å². The zero-order valence-corrected chi connectivity index (χ0v) is 37.4.